The molecule has 0 radical (unpaired) electrons. The van der Waals surface area contributed by atoms with Crippen LogP contribution >= 0.6 is 11.8 Å². The van der Waals surface area contributed by atoms with Crippen LogP contribution in [0.2, 0.25) is 0 Å². The van der Waals surface area contributed by atoms with Gasteiger partial charge in [-0.25, -0.2) is 0 Å². The van der Waals surface area contributed by atoms with Gasteiger partial charge < -0.3 is 9.94 Å². The number of carboxylic acids is 1. The summed E-state index contributed by atoms with van der Waals surface area (Å²) in [4.78, 5) is 18.9. The summed E-state index contributed by atoms with van der Waals surface area (Å²) >= 11 is 1.98. The van der Waals surface area contributed by atoms with E-state index in [9.17, 15) is 4.79 Å². The average Bonchev–Trinajstić information content (AvgIpc) is 3.23. The van der Waals surface area contributed by atoms with E-state index in [-0.39, 0.29) is 6.10 Å². The number of thioether (sulfide) groups is 1. The molecule has 1 aromatic rings. The first-order valence-corrected chi connectivity index (χ1v) is 11.9. The second-order valence-corrected chi connectivity index (χ2v) is 9.47. The SMILES string of the molecule is O=C(O)CC1CCN(CC2CC(c3ccc(C=NN4CCSCC4)cc3)=NO2)CC1. The molecular formula is C22H30N4O3S. The van der Waals surface area contributed by atoms with Crippen LogP contribution in [0.25, 0.3) is 0 Å². The summed E-state index contributed by atoms with van der Waals surface area (Å²) in [6.07, 6.45) is 5.02. The third-order valence-electron chi connectivity index (χ3n) is 5.97. The molecule has 0 aromatic heterocycles. The molecule has 1 N–H and O–H groups in total. The fourth-order valence-electron chi connectivity index (χ4n) is 4.18. The van der Waals surface area contributed by atoms with Gasteiger partial charge >= 0.3 is 5.97 Å². The smallest absolute Gasteiger partial charge is 0.303 e. The molecule has 0 bridgehead atoms. The molecule has 2 fully saturated rings. The molecule has 4 rings (SSSR count). The molecule has 1 aromatic carbocycles. The highest BCUT2D eigenvalue weighted by Gasteiger charge is 2.27. The number of rotatable bonds is 7. The normalized spacial score (nSPS) is 23.5. The van der Waals surface area contributed by atoms with Crippen LogP contribution in [0, 0.1) is 5.92 Å². The second kappa shape index (κ2) is 10.3. The molecule has 8 heteroatoms. The van der Waals surface area contributed by atoms with Gasteiger partial charge in [-0.2, -0.15) is 16.9 Å². The van der Waals surface area contributed by atoms with Crippen molar-refractivity contribution >= 4 is 29.7 Å². The molecule has 0 aliphatic carbocycles. The summed E-state index contributed by atoms with van der Waals surface area (Å²) in [5, 5.41) is 20.0. The van der Waals surface area contributed by atoms with Crippen LogP contribution in [0.1, 0.15) is 36.8 Å². The second-order valence-electron chi connectivity index (χ2n) is 8.24. The fraction of sp³-hybridized carbons (Fsp3) is 0.591. The molecule has 7 nitrogen and oxygen atoms in total. The highest BCUT2D eigenvalue weighted by molar-refractivity contribution is 7.99. The largest absolute Gasteiger partial charge is 0.481 e. The number of piperidine rings is 1. The zero-order valence-corrected chi connectivity index (χ0v) is 18.1. The van der Waals surface area contributed by atoms with Crippen molar-refractivity contribution in [3.63, 3.8) is 0 Å². The molecule has 3 heterocycles. The van der Waals surface area contributed by atoms with Gasteiger partial charge in [0.05, 0.1) is 11.9 Å². The van der Waals surface area contributed by atoms with Gasteiger partial charge in [0.15, 0.2) is 0 Å². The Morgan fingerprint density at radius 1 is 1.20 bits per heavy atom. The quantitative estimate of drug-likeness (QED) is 0.671. The van der Waals surface area contributed by atoms with E-state index in [1.807, 2.05) is 18.0 Å². The zero-order chi connectivity index (χ0) is 20.8. The monoisotopic (exact) mass is 430 g/mol. The maximum absolute atomic E-state index is 10.9. The Hall–Kier alpha value is -2.06. The maximum Gasteiger partial charge on any atom is 0.303 e. The van der Waals surface area contributed by atoms with Gasteiger partial charge in [-0.3, -0.25) is 14.7 Å². The van der Waals surface area contributed by atoms with Crippen molar-refractivity contribution in [1.29, 1.82) is 0 Å². The van der Waals surface area contributed by atoms with Crippen molar-refractivity contribution in [1.82, 2.24) is 9.91 Å². The van der Waals surface area contributed by atoms with Crippen molar-refractivity contribution < 1.29 is 14.7 Å². The zero-order valence-electron chi connectivity index (χ0n) is 17.3. The molecule has 0 amide bonds. The lowest BCUT2D eigenvalue weighted by molar-refractivity contribution is -0.138. The minimum atomic E-state index is -0.687. The fourth-order valence-corrected chi connectivity index (χ4v) is 5.07. The Bertz CT molecular complexity index is 769. The molecule has 2 saturated heterocycles. The summed E-state index contributed by atoms with van der Waals surface area (Å²) in [6, 6.07) is 8.35. The number of carboxylic acid groups (broad SMARTS) is 1. The van der Waals surface area contributed by atoms with Crippen molar-refractivity contribution in [2.75, 3.05) is 44.2 Å². The van der Waals surface area contributed by atoms with E-state index in [1.54, 1.807) is 0 Å². The van der Waals surface area contributed by atoms with Crippen LogP contribution in [0.3, 0.4) is 0 Å². The van der Waals surface area contributed by atoms with Gasteiger partial charge in [-0.05, 0) is 43.0 Å². The van der Waals surface area contributed by atoms with E-state index in [0.29, 0.717) is 12.3 Å². The summed E-state index contributed by atoms with van der Waals surface area (Å²) in [7, 11) is 0. The standard InChI is InChI=1S/C22H30N4O3S/c27-22(28)13-17-5-7-25(8-6-17)16-20-14-21(24-29-20)19-3-1-18(2-4-19)15-23-26-9-11-30-12-10-26/h1-4,15,17,20H,5-14,16H2,(H,27,28). The minimum absolute atomic E-state index is 0.0780. The third kappa shape index (κ3) is 5.98. The number of aliphatic carboxylic acids is 1. The number of oxime groups is 1. The molecule has 0 saturated carbocycles. The van der Waals surface area contributed by atoms with Crippen molar-refractivity contribution in [2.24, 2.45) is 16.2 Å². The first-order chi connectivity index (χ1) is 14.7. The van der Waals surface area contributed by atoms with Gasteiger partial charge in [0.25, 0.3) is 0 Å². The lowest BCUT2D eigenvalue weighted by Gasteiger charge is -2.32. The van der Waals surface area contributed by atoms with E-state index in [0.717, 1.165) is 80.3 Å². The van der Waals surface area contributed by atoms with Crippen molar-refractivity contribution in [3.8, 4) is 0 Å². The van der Waals surface area contributed by atoms with Crippen LogP contribution in [0.15, 0.2) is 34.5 Å². The lowest BCUT2D eigenvalue weighted by atomic mass is 9.93. The minimum Gasteiger partial charge on any atom is -0.481 e. The summed E-state index contributed by atoms with van der Waals surface area (Å²) < 4.78 is 0. The van der Waals surface area contributed by atoms with Gasteiger partial charge in [0, 0.05) is 44.0 Å². The van der Waals surface area contributed by atoms with Gasteiger partial charge in [0.1, 0.15) is 6.10 Å². The Morgan fingerprint density at radius 2 is 1.93 bits per heavy atom. The van der Waals surface area contributed by atoms with E-state index in [2.05, 4.69) is 44.4 Å². The number of likely N-dealkylation sites (tertiary alicyclic amines) is 1. The molecule has 0 spiro atoms. The molecule has 162 valence electrons. The van der Waals surface area contributed by atoms with E-state index in [4.69, 9.17) is 9.94 Å². The van der Waals surface area contributed by atoms with Gasteiger partial charge in [0.2, 0.25) is 0 Å². The molecule has 1 atom stereocenters. The first-order valence-electron chi connectivity index (χ1n) is 10.8. The van der Waals surface area contributed by atoms with E-state index < -0.39 is 5.97 Å². The van der Waals surface area contributed by atoms with Crippen LogP contribution in [-0.4, -0.2) is 83.2 Å². The predicted octanol–water partition coefficient (Wildman–Crippen LogP) is 2.75. The predicted molar refractivity (Wildman–Crippen MR) is 120 cm³/mol. The topological polar surface area (TPSA) is 77.7 Å². The van der Waals surface area contributed by atoms with E-state index >= 15 is 0 Å². The van der Waals surface area contributed by atoms with E-state index in [1.165, 1.54) is 0 Å². The lowest BCUT2D eigenvalue weighted by Crippen LogP contribution is -2.39. The molecule has 3 aliphatic rings. The number of benzene rings is 1. The summed E-state index contributed by atoms with van der Waals surface area (Å²) in [6.45, 7) is 4.78. The Morgan fingerprint density at radius 3 is 2.63 bits per heavy atom. The highest BCUT2D eigenvalue weighted by Crippen LogP contribution is 2.23. The number of hydrogen-bond donors (Lipinski definition) is 1. The van der Waals surface area contributed by atoms with Crippen LogP contribution in [0.5, 0.6) is 0 Å². The molecule has 3 aliphatic heterocycles. The Labute approximate surface area is 182 Å². The molecule has 1 unspecified atom stereocenters. The number of hydrogen-bond acceptors (Lipinski definition) is 7. The average molecular weight is 431 g/mol. The third-order valence-corrected chi connectivity index (χ3v) is 6.91. The first kappa shape index (κ1) is 21.2. The summed E-state index contributed by atoms with van der Waals surface area (Å²) in [5.74, 6) is 1.93. The van der Waals surface area contributed by atoms with Crippen molar-refractivity contribution in [2.45, 2.75) is 31.8 Å². The van der Waals surface area contributed by atoms with Crippen LogP contribution in [-0.2, 0) is 9.63 Å². The molecular weight excluding hydrogens is 400 g/mol. The number of hydrazone groups is 1. The Kier molecular flexibility index (Phi) is 7.28. The maximum atomic E-state index is 10.9. The van der Waals surface area contributed by atoms with Gasteiger partial charge in [-0.15, -0.1) is 0 Å². The van der Waals surface area contributed by atoms with Gasteiger partial charge in [-0.1, -0.05) is 29.4 Å². The summed E-state index contributed by atoms with van der Waals surface area (Å²) in [5.41, 5.74) is 3.19. The van der Waals surface area contributed by atoms with Crippen LogP contribution < -0.4 is 0 Å². The number of carbonyl (C=O) groups is 1. The van der Waals surface area contributed by atoms with Crippen LogP contribution in [0.4, 0.5) is 0 Å². The Balaban J connectivity index is 1.22. The van der Waals surface area contributed by atoms with Crippen molar-refractivity contribution in [3.05, 3.63) is 35.4 Å². The highest BCUT2D eigenvalue weighted by atomic mass is 32.2. The number of nitrogens with zero attached hydrogens (tertiary/aromatic N) is 4. The molecule has 30 heavy (non-hydrogen) atoms.